The summed E-state index contributed by atoms with van der Waals surface area (Å²) < 4.78 is 11.0. The van der Waals surface area contributed by atoms with Gasteiger partial charge in [-0.1, -0.05) is 42.8 Å². The number of hydrogen-bond donors (Lipinski definition) is 2. The molecule has 0 spiro atoms. The van der Waals surface area contributed by atoms with Gasteiger partial charge < -0.3 is 20.1 Å². The first-order valence-corrected chi connectivity index (χ1v) is 13.2. The smallest absolute Gasteiger partial charge is 0.261 e. The maximum atomic E-state index is 13.9. The van der Waals surface area contributed by atoms with Gasteiger partial charge in [-0.3, -0.25) is 19.3 Å². The summed E-state index contributed by atoms with van der Waals surface area (Å²) in [6.45, 7) is 7.47. The van der Waals surface area contributed by atoms with Crippen molar-refractivity contribution in [2.75, 3.05) is 25.7 Å². The molecule has 1 atom stereocenters. The molecule has 0 unspecified atom stereocenters. The van der Waals surface area contributed by atoms with Crippen LogP contribution in [0.5, 0.6) is 11.5 Å². The van der Waals surface area contributed by atoms with Gasteiger partial charge in [-0.15, -0.1) is 11.3 Å². The molecule has 0 saturated heterocycles. The van der Waals surface area contributed by atoms with Gasteiger partial charge in [0.15, 0.2) is 0 Å². The molecule has 0 aliphatic heterocycles. The summed E-state index contributed by atoms with van der Waals surface area (Å²) in [5.74, 6) is -0.308. The Balaban J connectivity index is 2.12. The van der Waals surface area contributed by atoms with Crippen molar-refractivity contribution < 1.29 is 23.9 Å². The fraction of sp³-hybridized carbons (Fsp3) is 0.345. The summed E-state index contributed by atoms with van der Waals surface area (Å²) in [7, 11) is 3.02. The van der Waals surface area contributed by atoms with Crippen molar-refractivity contribution in [2.24, 2.45) is 0 Å². The molecule has 0 aliphatic rings. The van der Waals surface area contributed by atoms with E-state index in [-0.39, 0.29) is 18.4 Å². The van der Waals surface area contributed by atoms with Gasteiger partial charge in [0.05, 0.1) is 31.3 Å². The zero-order valence-electron chi connectivity index (χ0n) is 22.7. The largest absolute Gasteiger partial charge is 0.497 e. The average molecular weight is 538 g/mol. The van der Waals surface area contributed by atoms with E-state index in [0.29, 0.717) is 34.0 Å². The molecule has 0 bridgehead atoms. The monoisotopic (exact) mass is 537 g/mol. The summed E-state index contributed by atoms with van der Waals surface area (Å²) in [4.78, 5) is 42.3. The van der Waals surface area contributed by atoms with Crippen LogP contribution in [0.3, 0.4) is 0 Å². The number of amides is 3. The molecule has 0 aliphatic carbocycles. The third-order valence-electron chi connectivity index (χ3n) is 6.31. The van der Waals surface area contributed by atoms with Gasteiger partial charge in [-0.05, 0) is 56.3 Å². The van der Waals surface area contributed by atoms with Gasteiger partial charge in [0, 0.05) is 11.6 Å². The van der Waals surface area contributed by atoms with E-state index in [1.54, 1.807) is 35.7 Å². The molecule has 202 valence electrons. The Kier molecular flexibility index (Phi) is 9.52. The lowest BCUT2D eigenvalue weighted by Gasteiger charge is -2.35. The van der Waals surface area contributed by atoms with Crippen LogP contribution in [-0.2, 0) is 9.59 Å². The van der Waals surface area contributed by atoms with Crippen molar-refractivity contribution in [3.8, 4) is 11.5 Å². The van der Waals surface area contributed by atoms with Crippen LogP contribution in [0.25, 0.3) is 0 Å². The quantitative estimate of drug-likeness (QED) is 0.363. The molecular weight excluding hydrogens is 502 g/mol. The number of rotatable bonds is 11. The number of anilines is 1. The topological polar surface area (TPSA) is 97.0 Å². The molecular formula is C29H35N3O5S. The van der Waals surface area contributed by atoms with Crippen molar-refractivity contribution in [3.05, 3.63) is 76.0 Å². The Labute approximate surface area is 228 Å². The number of thiophene rings is 1. The Bertz CT molecular complexity index is 1260. The number of nitrogens with one attached hydrogen (secondary N) is 2. The fourth-order valence-corrected chi connectivity index (χ4v) is 4.43. The second-order valence-electron chi connectivity index (χ2n) is 9.50. The molecule has 3 rings (SSSR count). The number of carbonyl (C=O) groups is 3. The predicted molar refractivity (Wildman–Crippen MR) is 150 cm³/mol. The van der Waals surface area contributed by atoms with Crippen molar-refractivity contribution >= 4 is 34.7 Å². The maximum Gasteiger partial charge on any atom is 0.261 e. The standard InChI is InChI=1S/C29H35N3O5S/c1-7-29(3,4)31-28(35)26(20-12-10-19(2)11-13-20)32(22-15-14-21(36-5)17-23(22)37-6)25(33)18-30-27(34)24-9-8-16-38-24/h8-17,26H,7,18H2,1-6H3,(H,30,34)(H,31,35)/t26-/m1/s1. The number of hydrogen-bond acceptors (Lipinski definition) is 6. The molecule has 38 heavy (non-hydrogen) atoms. The minimum atomic E-state index is -1.03. The highest BCUT2D eigenvalue weighted by Gasteiger charge is 2.36. The SMILES string of the molecule is CCC(C)(C)NC(=O)[C@@H](c1ccc(C)cc1)N(C(=O)CNC(=O)c1cccs1)c1ccc(OC)cc1OC. The number of carbonyl (C=O) groups excluding carboxylic acids is 3. The van der Waals surface area contributed by atoms with Crippen LogP contribution in [0.4, 0.5) is 5.69 Å². The van der Waals surface area contributed by atoms with Gasteiger partial charge in [-0.2, -0.15) is 0 Å². The third-order valence-corrected chi connectivity index (χ3v) is 7.17. The summed E-state index contributed by atoms with van der Waals surface area (Å²) in [5.41, 5.74) is 1.51. The lowest BCUT2D eigenvalue weighted by molar-refractivity contribution is -0.127. The lowest BCUT2D eigenvalue weighted by Crippen LogP contribution is -2.52. The molecule has 9 heteroatoms. The third kappa shape index (κ3) is 6.92. The Morgan fingerprint density at radius 2 is 1.74 bits per heavy atom. The maximum absolute atomic E-state index is 13.9. The normalized spacial score (nSPS) is 11.8. The second-order valence-corrected chi connectivity index (χ2v) is 10.4. The van der Waals surface area contributed by atoms with E-state index in [4.69, 9.17) is 9.47 Å². The fourth-order valence-electron chi connectivity index (χ4n) is 3.79. The molecule has 1 heterocycles. The minimum absolute atomic E-state index is 0.321. The van der Waals surface area contributed by atoms with E-state index in [2.05, 4.69) is 10.6 Å². The number of ether oxygens (including phenoxy) is 2. The van der Waals surface area contributed by atoms with Gasteiger partial charge in [0.1, 0.15) is 17.5 Å². The molecule has 3 amide bonds. The number of aryl methyl sites for hydroxylation is 1. The van der Waals surface area contributed by atoms with Crippen molar-refractivity contribution in [2.45, 2.75) is 45.7 Å². The van der Waals surface area contributed by atoms with E-state index in [0.717, 1.165) is 5.56 Å². The van der Waals surface area contributed by atoms with Crippen LogP contribution < -0.4 is 25.0 Å². The van der Waals surface area contributed by atoms with Crippen LogP contribution >= 0.6 is 11.3 Å². The lowest BCUT2D eigenvalue weighted by atomic mass is 9.97. The molecule has 3 aromatic rings. The first-order chi connectivity index (χ1) is 18.1. The minimum Gasteiger partial charge on any atom is -0.497 e. The van der Waals surface area contributed by atoms with Gasteiger partial charge in [0.2, 0.25) is 11.8 Å². The van der Waals surface area contributed by atoms with E-state index in [9.17, 15) is 14.4 Å². The van der Waals surface area contributed by atoms with Crippen LogP contribution in [0.1, 0.15) is 54.0 Å². The first-order valence-electron chi connectivity index (χ1n) is 12.3. The molecule has 8 nitrogen and oxygen atoms in total. The number of nitrogens with zero attached hydrogens (tertiary/aromatic N) is 1. The predicted octanol–water partition coefficient (Wildman–Crippen LogP) is 4.88. The zero-order valence-corrected chi connectivity index (χ0v) is 23.5. The number of benzene rings is 2. The van der Waals surface area contributed by atoms with Crippen molar-refractivity contribution in [1.82, 2.24) is 10.6 Å². The highest BCUT2D eigenvalue weighted by atomic mass is 32.1. The molecule has 0 saturated carbocycles. The summed E-state index contributed by atoms with van der Waals surface area (Å²) >= 11 is 1.28. The average Bonchev–Trinajstić information content (AvgIpc) is 3.45. The Hall–Kier alpha value is -3.85. The van der Waals surface area contributed by atoms with E-state index in [1.807, 2.05) is 52.0 Å². The summed E-state index contributed by atoms with van der Waals surface area (Å²) in [5, 5.41) is 7.57. The number of methoxy groups -OCH3 is 2. The molecule has 2 aromatic carbocycles. The summed E-state index contributed by atoms with van der Waals surface area (Å²) in [6.07, 6.45) is 0.691. The van der Waals surface area contributed by atoms with Crippen LogP contribution in [0, 0.1) is 6.92 Å². The van der Waals surface area contributed by atoms with Crippen LogP contribution in [0.15, 0.2) is 60.0 Å². The van der Waals surface area contributed by atoms with Gasteiger partial charge >= 0.3 is 0 Å². The highest BCUT2D eigenvalue weighted by Crippen LogP contribution is 2.37. The van der Waals surface area contributed by atoms with Gasteiger partial charge in [-0.25, -0.2) is 0 Å². The van der Waals surface area contributed by atoms with E-state index < -0.39 is 17.5 Å². The van der Waals surface area contributed by atoms with E-state index >= 15 is 0 Å². The molecule has 2 N–H and O–H groups in total. The second kappa shape index (κ2) is 12.6. The summed E-state index contributed by atoms with van der Waals surface area (Å²) in [6, 6.07) is 14.9. The van der Waals surface area contributed by atoms with Crippen LogP contribution in [0.2, 0.25) is 0 Å². The molecule has 0 radical (unpaired) electrons. The Morgan fingerprint density at radius 1 is 1.03 bits per heavy atom. The van der Waals surface area contributed by atoms with Gasteiger partial charge in [0.25, 0.3) is 5.91 Å². The van der Waals surface area contributed by atoms with Crippen molar-refractivity contribution in [3.63, 3.8) is 0 Å². The highest BCUT2D eigenvalue weighted by molar-refractivity contribution is 7.12. The Morgan fingerprint density at radius 3 is 2.32 bits per heavy atom. The van der Waals surface area contributed by atoms with Crippen molar-refractivity contribution in [1.29, 1.82) is 0 Å². The molecule has 1 aromatic heterocycles. The zero-order chi connectivity index (χ0) is 27.9. The van der Waals surface area contributed by atoms with Crippen LogP contribution in [-0.4, -0.2) is 44.0 Å². The molecule has 0 fully saturated rings. The first kappa shape index (κ1) is 28.7. The van der Waals surface area contributed by atoms with E-state index in [1.165, 1.54) is 30.5 Å².